The third-order valence-corrected chi connectivity index (χ3v) is 5.55. The van der Waals surface area contributed by atoms with Crippen LogP contribution < -0.4 is 0 Å². The summed E-state index contributed by atoms with van der Waals surface area (Å²) in [4.78, 5) is 25.6. The van der Waals surface area contributed by atoms with Gasteiger partial charge in [0.1, 0.15) is 5.69 Å². The fourth-order valence-corrected chi connectivity index (χ4v) is 4.16. The van der Waals surface area contributed by atoms with E-state index in [4.69, 9.17) is 0 Å². The van der Waals surface area contributed by atoms with Crippen LogP contribution in [0.15, 0.2) is 37.1 Å². The van der Waals surface area contributed by atoms with E-state index in [1.54, 1.807) is 6.33 Å². The van der Waals surface area contributed by atoms with Crippen LogP contribution in [0.4, 0.5) is 0 Å². The van der Waals surface area contributed by atoms with Gasteiger partial charge >= 0.3 is 0 Å². The van der Waals surface area contributed by atoms with Crippen LogP contribution >= 0.6 is 0 Å². The molecule has 0 bridgehead atoms. The van der Waals surface area contributed by atoms with E-state index in [0.29, 0.717) is 17.5 Å². The monoisotopic (exact) mass is 339 g/mol. The number of nitrogens with zero attached hydrogens (tertiary/aromatic N) is 5. The second kappa shape index (κ2) is 6.96. The number of amides is 1. The van der Waals surface area contributed by atoms with Gasteiger partial charge in [-0.25, -0.2) is 4.98 Å². The molecule has 0 saturated carbocycles. The minimum Gasteiger partial charge on any atom is -0.340 e. The topological polar surface area (TPSA) is 54.3 Å². The zero-order valence-electron chi connectivity index (χ0n) is 14.7. The fourth-order valence-electron chi connectivity index (χ4n) is 4.16. The maximum atomic E-state index is 12.6. The Morgan fingerprint density at radius 1 is 1.24 bits per heavy atom. The molecule has 0 unspecified atom stereocenters. The largest absolute Gasteiger partial charge is 0.340 e. The van der Waals surface area contributed by atoms with Crippen LogP contribution in [0.3, 0.4) is 0 Å². The Morgan fingerprint density at radius 2 is 2.00 bits per heavy atom. The van der Waals surface area contributed by atoms with E-state index < -0.39 is 0 Å². The molecule has 2 atom stereocenters. The summed E-state index contributed by atoms with van der Waals surface area (Å²) >= 11 is 0. The lowest BCUT2D eigenvalue weighted by Gasteiger charge is -2.21. The lowest BCUT2D eigenvalue weighted by molar-refractivity contribution is 0.0774. The third kappa shape index (κ3) is 3.58. The highest BCUT2D eigenvalue weighted by molar-refractivity contribution is 5.92. The molecule has 2 aromatic rings. The van der Waals surface area contributed by atoms with Gasteiger partial charge in [0.05, 0.1) is 6.33 Å². The Morgan fingerprint density at radius 3 is 2.60 bits per heavy atom. The van der Waals surface area contributed by atoms with Crippen LogP contribution in [0.2, 0.25) is 0 Å². The molecule has 0 aromatic carbocycles. The SMILES string of the molecule is Cn1cnc(C(=O)N2C[C@H]3CCN(Cc4cccnc4)CC[C@H]3C2)c1. The maximum absolute atomic E-state index is 12.6. The summed E-state index contributed by atoms with van der Waals surface area (Å²) < 4.78 is 1.83. The molecular weight excluding hydrogens is 314 g/mol. The van der Waals surface area contributed by atoms with Crippen LogP contribution in [0.5, 0.6) is 0 Å². The quantitative estimate of drug-likeness (QED) is 0.856. The van der Waals surface area contributed by atoms with Gasteiger partial charge in [-0.3, -0.25) is 14.7 Å². The number of likely N-dealkylation sites (tertiary alicyclic amines) is 2. The number of hydrogen-bond donors (Lipinski definition) is 0. The summed E-state index contributed by atoms with van der Waals surface area (Å²) in [6.07, 6.45) is 9.61. The molecule has 6 heteroatoms. The highest BCUT2D eigenvalue weighted by Gasteiger charge is 2.37. The van der Waals surface area contributed by atoms with Crippen molar-refractivity contribution in [3.63, 3.8) is 0 Å². The molecule has 2 aliphatic heterocycles. The van der Waals surface area contributed by atoms with Crippen molar-refractivity contribution >= 4 is 5.91 Å². The predicted molar refractivity (Wildman–Crippen MR) is 94.8 cm³/mol. The van der Waals surface area contributed by atoms with Crippen molar-refractivity contribution in [2.75, 3.05) is 26.2 Å². The Balaban J connectivity index is 1.35. The first-order chi connectivity index (χ1) is 12.2. The van der Waals surface area contributed by atoms with Gasteiger partial charge in [-0.15, -0.1) is 0 Å². The number of carbonyl (C=O) groups is 1. The molecule has 0 aliphatic carbocycles. The Kier molecular flexibility index (Phi) is 4.53. The molecule has 0 radical (unpaired) electrons. The molecule has 2 aliphatic rings. The second-order valence-corrected chi connectivity index (χ2v) is 7.37. The molecule has 0 spiro atoms. The number of carbonyl (C=O) groups excluding carboxylic acids is 1. The first-order valence-electron chi connectivity index (χ1n) is 9.07. The number of pyridine rings is 1. The van der Waals surface area contributed by atoms with Gasteiger partial charge in [-0.05, 0) is 49.4 Å². The van der Waals surface area contributed by atoms with Gasteiger partial charge in [0.2, 0.25) is 0 Å². The van der Waals surface area contributed by atoms with E-state index in [9.17, 15) is 4.79 Å². The first-order valence-corrected chi connectivity index (χ1v) is 9.07. The Hall–Kier alpha value is -2.21. The summed E-state index contributed by atoms with van der Waals surface area (Å²) in [5.41, 5.74) is 1.85. The molecule has 132 valence electrons. The highest BCUT2D eigenvalue weighted by Crippen LogP contribution is 2.32. The Labute approximate surface area is 148 Å². The first kappa shape index (κ1) is 16.3. The summed E-state index contributed by atoms with van der Waals surface area (Å²) in [5.74, 6) is 1.32. The van der Waals surface area contributed by atoms with Crippen molar-refractivity contribution in [2.24, 2.45) is 18.9 Å². The van der Waals surface area contributed by atoms with Crippen molar-refractivity contribution in [2.45, 2.75) is 19.4 Å². The van der Waals surface area contributed by atoms with E-state index in [1.807, 2.05) is 41.2 Å². The second-order valence-electron chi connectivity index (χ2n) is 7.37. The van der Waals surface area contributed by atoms with Crippen molar-refractivity contribution in [3.05, 3.63) is 48.3 Å². The number of rotatable bonds is 3. The third-order valence-electron chi connectivity index (χ3n) is 5.55. The van der Waals surface area contributed by atoms with E-state index in [0.717, 1.165) is 45.6 Å². The van der Waals surface area contributed by atoms with Gasteiger partial charge in [-0.2, -0.15) is 0 Å². The summed E-state index contributed by atoms with van der Waals surface area (Å²) in [6.45, 7) is 4.93. The van der Waals surface area contributed by atoms with Crippen LogP contribution in [-0.2, 0) is 13.6 Å². The van der Waals surface area contributed by atoms with Crippen molar-refractivity contribution in [1.29, 1.82) is 0 Å². The molecular formula is C19H25N5O. The van der Waals surface area contributed by atoms with Crippen molar-refractivity contribution in [3.8, 4) is 0 Å². The molecule has 4 heterocycles. The summed E-state index contributed by atoms with van der Waals surface area (Å²) in [7, 11) is 1.90. The normalized spacial score (nSPS) is 24.1. The van der Waals surface area contributed by atoms with Crippen LogP contribution in [0.25, 0.3) is 0 Å². The van der Waals surface area contributed by atoms with E-state index >= 15 is 0 Å². The molecule has 2 aromatic heterocycles. The molecule has 0 N–H and O–H groups in total. The average Bonchev–Trinajstić information content (AvgIpc) is 3.20. The van der Waals surface area contributed by atoms with Gasteiger partial charge in [-0.1, -0.05) is 6.07 Å². The van der Waals surface area contributed by atoms with Gasteiger partial charge in [0, 0.05) is 45.3 Å². The average molecular weight is 339 g/mol. The molecule has 2 saturated heterocycles. The van der Waals surface area contributed by atoms with Gasteiger partial charge in [0.25, 0.3) is 5.91 Å². The zero-order valence-corrected chi connectivity index (χ0v) is 14.7. The Bertz CT molecular complexity index is 712. The van der Waals surface area contributed by atoms with E-state index in [2.05, 4.69) is 20.9 Å². The predicted octanol–water partition coefficient (Wildman–Crippen LogP) is 1.80. The van der Waals surface area contributed by atoms with Crippen LogP contribution in [-0.4, -0.2) is 56.4 Å². The number of aryl methyl sites for hydroxylation is 1. The van der Waals surface area contributed by atoms with E-state index in [-0.39, 0.29) is 5.91 Å². The molecule has 6 nitrogen and oxygen atoms in total. The maximum Gasteiger partial charge on any atom is 0.274 e. The van der Waals surface area contributed by atoms with Gasteiger partial charge < -0.3 is 9.47 Å². The minimum atomic E-state index is 0.0842. The molecule has 2 fully saturated rings. The minimum absolute atomic E-state index is 0.0842. The number of fused-ring (bicyclic) bond motifs is 1. The fraction of sp³-hybridized carbons (Fsp3) is 0.526. The molecule has 1 amide bonds. The van der Waals surface area contributed by atoms with Crippen molar-refractivity contribution < 1.29 is 4.79 Å². The molecule has 4 rings (SSSR count). The number of hydrogen-bond acceptors (Lipinski definition) is 4. The van der Waals surface area contributed by atoms with Crippen LogP contribution in [0, 0.1) is 11.8 Å². The number of imidazole rings is 1. The molecule has 25 heavy (non-hydrogen) atoms. The van der Waals surface area contributed by atoms with Crippen molar-refractivity contribution in [1.82, 2.24) is 24.3 Å². The smallest absolute Gasteiger partial charge is 0.274 e. The lowest BCUT2D eigenvalue weighted by Crippen LogP contribution is -2.31. The summed E-state index contributed by atoms with van der Waals surface area (Å²) in [6, 6.07) is 4.15. The summed E-state index contributed by atoms with van der Waals surface area (Å²) in [5, 5.41) is 0. The van der Waals surface area contributed by atoms with E-state index in [1.165, 1.54) is 5.56 Å². The lowest BCUT2D eigenvalue weighted by atomic mass is 9.92. The van der Waals surface area contributed by atoms with Crippen LogP contribution in [0.1, 0.15) is 28.9 Å². The van der Waals surface area contributed by atoms with Gasteiger partial charge in [0.15, 0.2) is 0 Å². The number of aromatic nitrogens is 3. The zero-order chi connectivity index (χ0) is 17.2. The standard InChI is InChI=1S/C19H25N5O/c1-22-13-18(21-14-22)19(25)24-11-16-4-7-23(8-5-17(16)12-24)10-15-3-2-6-20-9-15/h2-3,6,9,13-14,16-17H,4-5,7-8,10-12H2,1H3/t16-,17+. The highest BCUT2D eigenvalue weighted by atomic mass is 16.2.